The van der Waals surface area contributed by atoms with Gasteiger partial charge in [0.25, 0.3) is 5.91 Å². The lowest BCUT2D eigenvalue weighted by Crippen LogP contribution is -2.69. The van der Waals surface area contributed by atoms with Crippen LogP contribution in [0.1, 0.15) is 37.2 Å². The number of nitrogens with one attached hydrogen (secondary N) is 1. The summed E-state index contributed by atoms with van der Waals surface area (Å²) in [5, 5.41) is 6.40. The standard InChI is InChI=1S/C17H21N3OS/c1-17(2)15(11-3-6-20(17)7-4-11)19-16(21)13-9-12-5-8-22-14(12)10-18-13/h5,8-11,15H,3-4,6-7H2,1-2H3,(H,19,21)/t15-/m1/s1. The summed E-state index contributed by atoms with van der Waals surface area (Å²) in [4.78, 5) is 19.5. The maximum absolute atomic E-state index is 12.7. The Morgan fingerprint density at radius 2 is 2.18 bits per heavy atom. The van der Waals surface area contributed by atoms with Crippen molar-refractivity contribution in [2.24, 2.45) is 5.92 Å². The van der Waals surface area contributed by atoms with Gasteiger partial charge in [0.05, 0.1) is 4.70 Å². The van der Waals surface area contributed by atoms with E-state index in [4.69, 9.17) is 0 Å². The van der Waals surface area contributed by atoms with Crippen molar-refractivity contribution in [3.63, 3.8) is 0 Å². The molecule has 2 aromatic rings. The van der Waals surface area contributed by atoms with Crippen LogP contribution in [-0.2, 0) is 0 Å². The highest BCUT2D eigenvalue weighted by atomic mass is 32.1. The molecule has 5 heteroatoms. The minimum absolute atomic E-state index is 0.0311. The van der Waals surface area contributed by atoms with Crippen molar-refractivity contribution in [1.29, 1.82) is 0 Å². The molecule has 0 aromatic carbocycles. The number of thiophene rings is 1. The summed E-state index contributed by atoms with van der Waals surface area (Å²) in [6, 6.07) is 4.15. The third-order valence-corrected chi connectivity index (χ3v) is 6.31. The van der Waals surface area contributed by atoms with Gasteiger partial charge in [0, 0.05) is 17.8 Å². The Bertz CT molecular complexity index is 716. The smallest absolute Gasteiger partial charge is 0.270 e. The number of amides is 1. The summed E-state index contributed by atoms with van der Waals surface area (Å²) in [5.74, 6) is 0.550. The number of aromatic nitrogens is 1. The summed E-state index contributed by atoms with van der Waals surface area (Å²) < 4.78 is 1.12. The van der Waals surface area contributed by atoms with E-state index in [2.05, 4.69) is 29.0 Å². The van der Waals surface area contributed by atoms with E-state index in [0.717, 1.165) is 23.2 Å². The van der Waals surface area contributed by atoms with Gasteiger partial charge in [-0.25, -0.2) is 4.98 Å². The lowest BCUT2D eigenvalue weighted by molar-refractivity contribution is -0.0378. The van der Waals surface area contributed by atoms with Gasteiger partial charge >= 0.3 is 0 Å². The second-order valence-electron chi connectivity index (χ2n) is 6.96. The van der Waals surface area contributed by atoms with Gasteiger partial charge in [0.2, 0.25) is 0 Å². The van der Waals surface area contributed by atoms with Crippen LogP contribution in [0, 0.1) is 5.92 Å². The fourth-order valence-electron chi connectivity index (χ4n) is 4.08. The molecule has 2 aromatic heterocycles. The third kappa shape index (κ3) is 2.15. The van der Waals surface area contributed by atoms with Crippen LogP contribution in [0.15, 0.2) is 23.7 Å². The molecule has 22 heavy (non-hydrogen) atoms. The molecule has 1 atom stereocenters. The molecule has 0 aliphatic carbocycles. The Balaban J connectivity index is 1.58. The van der Waals surface area contributed by atoms with Gasteiger partial charge in [-0.05, 0) is 68.6 Å². The average Bonchev–Trinajstić information content (AvgIpc) is 2.98. The van der Waals surface area contributed by atoms with E-state index in [0.29, 0.717) is 11.6 Å². The largest absolute Gasteiger partial charge is 0.346 e. The van der Waals surface area contributed by atoms with Crippen LogP contribution in [0.25, 0.3) is 10.1 Å². The number of nitrogens with zero attached hydrogens (tertiary/aromatic N) is 2. The highest BCUT2D eigenvalue weighted by Crippen LogP contribution is 2.39. The maximum Gasteiger partial charge on any atom is 0.270 e. The van der Waals surface area contributed by atoms with Crippen LogP contribution in [0.2, 0.25) is 0 Å². The highest BCUT2D eigenvalue weighted by molar-refractivity contribution is 7.17. The van der Waals surface area contributed by atoms with Crippen LogP contribution in [-0.4, -0.2) is 40.5 Å². The zero-order valence-corrected chi connectivity index (χ0v) is 13.8. The molecule has 3 aliphatic rings. The Morgan fingerprint density at radius 1 is 1.41 bits per heavy atom. The Labute approximate surface area is 134 Å². The molecule has 116 valence electrons. The summed E-state index contributed by atoms with van der Waals surface area (Å²) in [6.07, 6.45) is 4.17. The van der Waals surface area contributed by atoms with Crippen molar-refractivity contribution < 1.29 is 4.79 Å². The molecule has 3 fully saturated rings. The first-order valence-corrected chi connectivity index (χ1v) is 8.83. The molecule has 0 saturated carbocycles. The number of carbonyl (C=O) groups is 1. The lowest BCUT2D eigenvalue weighted by atomic mass is 9.72. The van der Waals surface area contributed by atoms with Gasteiger partial charge in [-0.2, -0.15) is 0 Å². The SMILES string of the molecule is CC1(C)[C@H](NC(=O)c2cc3ccsc3cn2)C2CCN1CC2. The molecule has 1 N–H and O–H groups in total. The zero-order chi connectivity index (χ0) is 15.3. The van der Waals surface area contributed by atoms with Gasteiger partial charge in [0.15, 0.2) is 0 Å². The number of hydrogen-bond donors (Lipinski definition) is 1. The molecule has 3 saturated heterocycles. The number of hydrogen-bond acceptors (Lipinski definition) is 4. The summed E-state index contributed by atoms with van der Waals surface area (Å²) in [5.41, 5.74) is 0.557. The normalized spacial score (nSPS) is 29.6. The van der Waals surface area contributed by atoms with E-state index in [1.54, 1.807) is 17.5 Å². The summed E-state index contributed by atoms with van der Waals surface area (Å²) >= 11 is 1.65. The average molecular weight is 315 g/mol. The van der Waals surface area contributed by atoms with Gasteiger partial charge in [-0.1, -0.05) is 0 Å². The molecular weight excluding hydrogens is 294 g/mol. The molecule has 5 heterocycles. The topological polar surface area (TPSA) is 45.2 Å². The van der Waals surface area contributed by atoms with Gasteiger partial charge in [0.1, 0.15) is 5.69 Å². The Hall–Kier alpha value is -1.46. The van der Waals surface area contributed by atoms with Gasteiger partial charge in [-0.3, -0.25) is 9.69 Å². The van der Waals surface area contributed by atoms with E-state index in [1.807, 2.05) is 17.5 Å². The van der Waals surface area contributed by atoms with E-state index in [-0.39, 0.29) is 17.5 Å². The molecular formula is C17H21N3OS. The molecule has 0 spiro atoms. The lowest BCUT2D eigenvalue weighted by Gasteiger charge is -2.56. The van der Waals surface area contributed by atoms with Crippen LogP contribution in [0.5, 0.6) is 0 Å². The maximum atomic E-state index is 12.7. The first-order valence-electron chi connectivity index (χ1n) is 7.95. The van der Waals surface area contributed by atoms with Crippen molar-refractivity contribution >= 4 is 27.3 Å². The number of carbonyl (C=O) groups excluding carboxylic acids is 1. The first-order chi connectivity index (χ1) is 10.6. The Kier molecular flexibility index (Phi) is 3.24. The van der Waals surface area contributed by atoms with E-state index in [1.165, 1.54) is 12.8 Å². The zero-order valence-electron chi connectivity index (χ0n) is 13.0. The van der Waals surface area contributed by atoms with Gasteiger partial charge < -0.3 is 5.32 Å². The first kappa shape index (κ1) is 14.2. The number of fused-ring (bicyclic) bond motifs is 4. The van der Waals surface area contributed by atoms with Crippen LogP contribution >= 0.6 is 11.3 Å². The van der Waals surface area contributed by atoms with Crippen LogP contribution in [0.3, 0.4) is 0 Å². The number of rotatable bonds is 2. The van der Waals surface area contributed by atoms with Gasteiger partial charge in [-0.15, -0.1) is 11.3 Å². The van der Waals surface area contributed by atoms with Crippen molar-refractivity contribution in [3.8, 4) is 0 Å². The minimum Gasteiger partial charge on any atom is -0.346 e. The highest BCUT2D eigenvalue weighted by Gasteiger charge is 2.48. The predicted octanol–water partition coefficient (Wildman–Crippen LogP) is 2.90. The van der Waals surface area contributed by atoms with Crippen molar-refractivity contribution in [3.05, 3.63) is 29.4 Å². The molecule has 3 aliphatic heterocycles. The van der Waals surface area contributed by atoms with Crippen molar-refractivity contribution in [1.82, 2.24) is 15.2 Å². The second kappa shape index (κ2) is 5.03. The molecule has 2 bridgehead atoms. The molecule has 0 radical (unpaired) electrons. The van der Waals surface area contributed by atoms with E-state index >= 15 is 0 Å². The van der Waals surface area contributed by atoms with Crippen LogP contribution < -0.4 is 5.32 Å². The fourth-order valence-corrected chi connectivity index (χ4v) is 4.82. The second-order valence-corrected chi connectivity index (χ2v) is 7.90. The van der Waals surface area contributed by atoms with Crippen LogP contribution in [0.4, 0.5) is 0 Å². The molecule has 5 rings (SSSR count). The van der Waals surface area contributed by atoms with E-state index in [9.17, 15) is 4.79 Å². The molecule has 1 amide bonds. The molecule has 0 unspecified atom stereocenters. The minimum atomic E-state index is -0.0417. The monoisotopic (exact) mass is 315 g/mol. The summed E-state index contributed by atoms with van der Waals surface area (Å²) in [7, 11) is 0. The third-order valence-electron chi connectivity index (χ3n) is 5.45. The predicted molar refractivity (Wildman–Crippen MR) is 89.3 cm³/mol. The quantitative estimate of drug-likeness (QED) is 0.927. The number of piperidine rings is 3. The summed E-state index contributed by atoms with van der Waals surface area (Å²) in [6.45, 7) is 6.81. The van der Waals surface area contributed by atoms with Crippen molar-refractivity contribution in [2.75, 3.05) is 13.1 Å². The van der Waals surface area contributed by atoms with Crippen molar-refractivity contribution in [2.45, 2.75) is 38.3 Å². The molecule has 4 nitrogen and oxygen atoms in total. The Morgan fingerprint density at radius 3 is 2.91 bits per heavy atom. The number of pyridine rings is 1. The fraction of sp³-hybridized carbons (Fsp3) is 0.529. The van der Waals surface area contributed by atoms with E-state index < -0.39 is 0 Å².